The minimum Gasteiger partial charge on any atom is -0.326 e. The number of carbonyl (C=O) groups is 2. The van der Waals surface area contributed by atoms with Gasteiger partial charge in [-0.1, -0.05) is 0 Å². The number of nitrogens with zero attached hydrogens (tertiary/aromatic N) is 1. The summed E-state index contributed by atoms with van der Waals surface area (Å²) in [7, 11) is -2.96. The zero-order chi connectivity index (χ0) is 17.3. The second-order valence-corrected chi connectivity index (χ2v) is 8.73. The number of hydrogen-bond donors (Lipinski definition) is 1. The van der Waals surface area contributed by atoms with Crippen molar-refractivity contribution in [1.82, 2.24) is 0 Å². The van der Waals surface area contributed by atoms with Gasteiger partial charge in [-0.15, -0.1) is 0 Å². The monoisotopic (exact) mass is 350 g/mol. The molecule has 130 valence electrons. The number of anilines is 2. The number of hydrogen-bond acceptors (Lipinski definition) is 4. The molecule has 2 aliphatic heterocycles. The third-order valence-corrected chi connectivity index (χ3v) is 6.52. The van der Waals surface area contributed by atoms with Gasteiger partial charge in [0.25, 0.3) is 0 Å². The standard InChI is InChI=1S/C17H22N2O4S/c1-2-19-15-5-4-14(10-13(15)3-6-17(19)21)18-16(20)9-12-7-8-24(22,23)11-12/h4-5,10,12H,2-3,6-9,11H2,1H3,(H,18,20). The van der Waals surface area contributed by atoms with Crippen LogP contribution in [-0.2, 0) is 25.8 Å². The molecule has 0 spiro atoms. The summed E-state index contributed by atoms with van der Waals surface area (Å²) in [6.45, 7) is 2.58. The van der Waals surface area contributed by atoms with Crippen LogP contribution in [0.4, 0.5) is 11.4 Å². The highest BCUT2D eigenvalue weighted by atomic mass is 32.2. The van der Waals surface area contributed by atoms with Gasteiger partial charge in [0.1, 0.15) is 0 Å². The van der Waals surface area contributed by atoms with Crippen LogP contribution < -0.4 is 10.2 Å². The predicted octanol–water partition coefficient (Wildman–Crippen LogP) is 1.75. The lowest BCUT2D eigenvalue weighted by molar-refractivity contribution is -0.119. The fourth-order valence-electron chi connectivity index (χ4n) is 3.49. The minimum atomic E-state index is -2.96. The summed E-state index contributed by atoms with van der Waals surface area (Å²) in [5.74, 6) is 0.185. The van der Waals surface area contributed by atoms with E-state index in [4.69, 9.17) is 0 Å². The lowest BCUT2D eigenvalue weighted by Gasteiger charge is -2.28. The van der Waals surface area contributed by atoms with Crippen molar-refractivity contribution in [2.45, 2.75) is 32.6 Å². The van der Waals surface area contributed by atoms with Crippen LogP contribution in [0.25, 0.3) is 0 Å². The normalized spacial score (nSPS) is 22.3. The Balaban J connectivity index is 1.66. The van der Waals surface area contributed by atoms with Crippen LogP contribution in [0.15, 0.2) is 18.2 Å². The van der Waals surface area contributed by atoms with Crippen molar-refractivity contribution in [2.75, 3.05) is 28.3 Å². The van der Waals surface area contributed by atoms with Crippen molar-refractivity contribution in [3.8, 4) is 0 Å². The molecule has 1 aromatic rings. The van der Waals surface area contributed by atoms with Gasteiger partial charge in [0.05, 0.1) is 11.5 Å². The lowest BCUT2D eigenvalue weighted by atomic mass is 10.00. The van der Waals surface area contributed by atoms with Gasteiger partial charge >= 0.3 is 0 Å². The highest BCUT2D eigenvalue weighted by Crippen LogP contribution is 2.30. The maximum atomic E-state index is 12.1. The Morgan fingerprint density at radius 1 is 1.33 bits per heavy atom. The van der Waals surface area contributed by atoms with E-state index in [0.29, 0.717) is 31.5 Å². The van der Waals surface area contributed by atoms with E-state index in [2.05, 4.69) is 5.32 Å². The molecule has 7 heteroatoms. The summed E-state index contributed by atoms with van der Waals surface area (Å²) >= 11 is 0. The summed E-state index contributed by atoms with van der Waals surface area (Å²) in [5, 5.41) is 2.85. The third-order valence-electron chi connectivity index (χ3n) is 4.68. The predicted molar refractivity (Wildman–Crippen MR) is 92.8 cm³/mol. The van der Waals surface area contributed by atoms with E-state index in [-0.39, 0.29) is 35.7 Å². The van der Waals surface area contributed by atoms with Gasteiger partial charge < -0.3 is 10.2 Å². The number of sulfone groups is 1. The molecular formula is C17H22N2O4S. The van der Waals surface area contributed by atoms with Crippen molar-refractivity contribution >= 4 is 33.0 Å². The van der Waals surface area contributed by atoms with E-state index in [1.165, 1.54) is 0 Å². The van der Waals surface area contributed by atoms with Crippen LogP contribution in [0.1, 0.15) is 31.7 Å². The molecule has 0 bridgehead atoms. The summed E-state index contributed by atoms with van der Waals surface area (Å²) in [5.41, 5.74) is 2.66. The van der Waals surface area contributed by atoms with Gasteiger partial charge in [-0.05, 0) is 49.4 Å². The van der Waals surface area contributed by atoms with E-state index in [9.17, 15) is 18.0 Å². The molecule has 0 radical (unpaired) electrons. The van der Waals surface area contributed by atoms with E-state index in [1.54, 1.807) is 11.0 Å². The summed E-state index contributed by atoms with van der Waals surface area (Å²) in [6, 6.07) is 5.57. The quantitative estimate of drug-likeness (QED) is 0.897. The molecule has 0 aromatic heterocycles. The highest BCUT2D eigenvalue weighted by molar-refractivity contribution is 7.91. The summed E-state index contributed by atoms with van der Waals surface area (Å²) < 4.78 is 22.9. The topological polar surface area (TPSA) is 83.6 Å². The molecule has 1 N–H and O–H groups in total. The summed E-state index contributed by atoms with van der Waals surface area (Å²) in [4.78, 5) is 25.8. The maximum Gasteiger partial charge on any atom is 0.227 e. The molecule has 1 atom stereocenters. The molecule has 1 saturated heterocycles. The van der Waals surface area contributed by atoms with Crippen molar-refractivity contribution in [3.63, 3.8) is 0 Å². The van der Waals surface area contributed by atoms with Crippen LogP contribution in [0.2, 0.25) is 0 Å². The zero-order valence-electron chi connectivity index (χ0n) is 13.7. The average Bonchev–Trinajstić information content (AvgIpc) is 2.86. The first-order chi connectivity index (χ1) is 11.4. The van der Waals surface area contributed by atoms with Crippen LogP contribution in [0.3, 0.4) is 0 Å². The van der Waals surface area contributed by atoms with Crippen LogP contribution >= 0.6 is 0 Å². The van der Waals surface area contributed by atoms with Crippen molar-refractivity contribution in [1.29, 1.82) is 0 Å². The molecule has 0 saturated carbocycles. The van der Waals surface area contributed by atoms with Crippen molar-refractivity contribution < 1.29 is 18.0 Å². The first kappa shape index (κ1) is 17.0. The van der Waals surface area contributed by atoms with Crippen LogP contribution in [-0.4, -0.2) is 38.3 Å². The number of aryl methyl sites for hydroxylation is 1. The molecule has 2 aliphatic rings. The lowest BCUT2D eigenvalue weighted by Crippen LogP contribution is -2.34. The van der Waals surface area contributed by atoms with Crippen LogP contribution in [0.5, 0.6) is 0 Å². The number of nitrogens with one attached hydrogen (secondary N) is 1. The minimum absolute atomic E-state index is 0.0826. The molecule has 24 heavy (non-hydrogen) atoms. The molecule has 0 aliphatic carbocycles. The maximum absolute atomic E-state index is 12.1. The second-order valence-electron chi connectivity index (χ2n) is 6.50. The largest absolute Gasteiger partial charge is 0.326 e. The van der Waals surface area contributed by atoms with E-state index in [0.717, 1.165) is 11.3 Å². The molecule has 1 fully saturated rings. The highest BCUT2D eigenvalue weighted by Gasteiger charge is 2.29. The fraction of sp³-hybridized carbons (Fsp3) is 0.529. The van der Waals surface area contributed by atoms with Gasteiger partial charge in [0.2, 0.25) is 11.8 Å². The molecule has 1 aromatic carbocycles. The molecule has 2 amide bonds. The molecule has 6 nitrogen and oxygen atoms in total. The Morgan fingerprint density at radius 3 is 2.79 bits per heavy atom. The first-order valence-electron chi connectivity index (χ1n) is 8.31. The number of amides is 2. The van der Waals surface area contributed by atoms with E-state index >= 15 is 0 Å². The van der Waals surface area contributed by atoms with Crippen molar-refractivity contribution in [3.05, 3.63) is 23.8 Å². The average molecular weight is 350 g/mol. The number of benzene rings is 1. The van der Waals surface area contributed by atoms with Gasteiger partial charge in [-0.3, -0.25) is 9.59 Å². The molecular weight excluding hydrogens is 328 g/mol. The third kappa shape index (κ3) is 3.61. The van der Waals surface area contributed by atoms with E-state index in [1.807, 2.05) is 19.1 Å². The Bertz CT molecular complexity index is 773. The Hall–Kier alpha value is -1.89. The summed E-state index contributed by atoms with van der Waals surface area (Å²) in [6.07, 6.45) is 1.96. The van der Waals surface area contributed by atoms with Gasteiger partial charge in [0, 0.05) is 30.8 Å². The zero-order valence-corrected chi connectivity index (χ0v) is 14.6. The van der Waals surface area contributed by atoms with Gasteiger partial charge in [0.15, 0.2) is 9.84 Å². The van der Waals surface area contributed by atoms with Gasteiger partial charge in [-0.25, -0.2) is 8.42 Å². The Kier molecular flexibility index (Phi) is 4.62. The number of fused-ring (bicyclic) bond motifs is 1. The number of rotatable bonds is 4. The fourth-order valence-corrected chi connectivity index (χ4v) is 5.35. The van der Waals surface area contributed by atoms with Gasteiger partial charge in [-0.2, -0.15) is 0 Å². The Morgan fingerprint density at radius 2 is 2.12 bits per heavy atom. The van der Waals surface area contributed by atoms with Crippen LogP contribution in [0, 0.1) is 5.92 Å². The second kappa shape index (κ2) is 6.55. The van der Waals surface area contributed by atoms with Crippen molar-refractivity contribution in [2.24, 2.45) is 5.92 Å². The molecule has 1 unspecified atom stereocenters. The SMILES string of the molecule is CCN1C(=O)CCc2cc(NC(=O)CC3CCS(=O)(=O)C3)ccc21. The molecule has 3 rings (SSSR count). The van der Waals surface area contributed by atoms with E-state index < -0.39 is 9.84 Å². The molecule has 2 heterocycles. The Labute approximate surface area is 142 Å². The first-order valence-corrected chi connectivity index (χ1v) is 10.1. The smallest absolute Gasteiger partial charge is 0.227 e. The number of carbonyl (C=O) groups excluding carboxylic acids is 2.